The Morgan fingerprint density at radius 1 is 1.19 bits per heavy atom. The molecule has 2 N–H and O–H groups in total. The molecule has 1 aliphatic carbocycles. The summed E-state index contributed by atoms with van der Waals surface area (Å²) in [5.41, 5.74) is 1.73. The maximum atomic E-state index is 12.2. The van der Waals surface area contributed by atoms with Crippen LogP contribution in [0.2, 0.25) is 0 Å². The van der Waals surface area contributed by atoms with Crippen LogP contribution < -0.4 is 10.0 Å². The molecule has 1 aliphatic rings. The first-order valence-electron chi connectivity index (χ1n) is 9.22. The second-order valence-corrected chi connectivity index (χ2v) is 10.1. The second-order valence-electron chi connectivity index (χ2n) is 7.31. The summed E-state index contributed by atoms with van der Waals surface area (Å²) in [6.45, 7) is 2.25. The van der Waals surface area contributed by atoms with Crippen molar-refractivity contribution < 1.29 is 13.2 Å². The number of sulfonamides is 1. The molecule has 27 heavy (non-hydrogen) atoms. The number of carbonyl (C=O) groups is 1. The van der Waals surface area contributed by atoms with E-state index in [0.717, 1.165) is 31.2 Å². The lowest BCUT2D eigenvalue weighted by molar-refractivity contribution is -0.120. The van der Waals surface area contributed by atoms with Crippen LogP contribution in [0, 0.1) is 6.92 Å². The van der Waals surface area contributed by atoms with E-state index in [4.69, 9.17) is 0 Å². The molecule has 1 fully saturated rings. The molecule has 0 radical (unpaired) electrons. The van der Waals surface area contributed by atoms with Crippen LogP contribution in [0.15, 0.2) is 41.8 Å². The second kappa shape index (κ2) is 8.54. The molecule has 0 atom stereocenters. The van der Waals surface area contributed by atoms with Gasteiger partial charge < -0.3 is 5.32 Å². The highest BCUT2D eigenvalue weighted by Gasteiger charge is 2.36. The number of hydrogen-bond acceptors (Lipinski definition) is 4. The van der Waals surface area contributed by atoms with E-state index in [1.165, 1.54) is 4.88 Å². The zero-order valence-electron chi connectivity index (χ0n) is 15.5. The van der Waals surface area contributed by atoms with E-state index in [1.807, 2.05) is 31.2 Å². The van der Waals surface area contributed by atoms with Gasteiger partial charge >= 0.3 is 0 Å². The van der Waals surface area contributed by atoms with Crippen molar-refractivity contribution in [2.24, 2.45) is 0 Å². The Morgan fingerprint density at radius 3 is 2.63 bits per heavy atom. The van der Waals surface area contributed by atoms with E-state index in [1.54, 1.807) is 17.4 Å². The smallest absolute Gasteiger partial charge is 0.235 e. The molecule has 1 aromatic heterocycles. The van der Waals surface area contributed by atoms with E-state index in [9.17, 15) is 13.2 Å². The van der Waals surface area contributed by atoms with E-state index in [2.05, 4.69) is 21.5 Å². The predicted molar refractivity (Wildman–Crippen MR) is 109 cm³/mol. The molecule has 5 nitrogen and oxygen atoms in total. The van der Waals surface area contributed by atoms with Crippen LogP contribution in [0.5, 0.6) is 0 Å². The minimum Gasteiger partial charge on any atom is -0.354 e. The standard InChI is InChI=1S/C20H26N2O3S2/c1-16-6-4-7-17(12-16)14-27(24,25)22-13-19(23)21-15-20(9-2-3-10-20)18-8-5-11-26-18/h4-8,11-12,22H,2-3,9-10,13-15H2,1H3,(H,21,23). The number of aryl methyl sites for hydroxylation is 1. The normalized spacial score (nSPS) is 16.3. The topological polar surface area (TPSA) is 75.3 Å². The monoisotopic (exact) mass is 406 g/mol. The average molecular weight is 407 g/mol. The average Bonchev–Trinajstić information content (AvgIpc) is 3.30. The van der Waals surface area contributed by atoms with Crippen molar-refractivity contribution in [3.63, 3.8) is 0 Å². The number of nitrogens with one attached hydrogen (secondary N) is 2. The van der Waals surface area contributed by atoms with Gasteiger partial charge in [0, 0.05) is 16.8 Å². The summed E-state index contributed by atoms with van der Waals surface area (Å²) in [7, 11) is -3.55. The maximum Gasteiger partial charge on any atom is 0.235 e. The molecule has 0 spiro atoms. The number of thiophene rings is 1. The first kappa shape index (κ1) is 20.0. The molecule has 7 heteroatoms. The molecular formula is C20H26N2O3S2. The zero-order chi connectivity index (χ0) is 19.3. The van der Waals surface area contributed by atoms with Gasteiger partial charge in [-0.15, -0.1) is 11.3 Å². The highest BCUT2D eigenvalue weighted by molar-refractivity contribution is 7.88. The number of benzene rings is 1. The molecule has 0 aliphatic heterocycles. The molecular weight excluding hydrogens is 380 g/mol. The molecule has 1 aromatic carbocycles. The van der Waals surface area contributed by atoms with Crippen molar-refractivity contribution in [3.05, 3.63) is 57.8 Å². The molecule has 1 amide bonds. The van der Waals surface area contributed by atoms with E-state index < -0.39 is 10.0 Å². The van der Waals surface area contributed by atoms with Crippen molar-refractivity contribution in [2.45, 2.75) is 43.8 Å². The summed E-state index contributed by atoms with van der Waals surface area (Å²) < 4.78 is 26.9. The van der Waals surface area contributed by atoms with E-state index in [0.29, 0.717) is 12.1 Å². The molecule has 0 unspecified atom stereocenters. The van der Waals surface area contributed by atoms with Crippen molar-refractivity contribution in [3.8, 4) is 0 Å². The first-order chi connectivity index (χ1) is 12.9. The lowest BCUT2D eigenvalue weighted by atomic mass is 9.84. The summed E-state index contributed by atoms with van der Waals surface area (Å²) in [6, 6.07) is 11.5. The van der Waals surface area contributed by atoms with Crippen LogP contribution in [0.3, 0.4) is 0 Å². The van der Waals surface area contributed by atoms with Gasteiger partial charge in [0.15, 0.2) is 0 Å². The third-order valence-electron chi connectivity index (χ3n) is 5.12. The van der Waals surface area contributed by atoms with Gasteiger partial charge in [0.2, 0.25) is 15.9 Å². The summed E-state index contributed by atoms with van der Waals surface area (Å²) in [6.07, 6.45) is 4.45. The molecule has 0 saturated heterocycles. The van der Waals surface area contributed by atoms with Crippen LogP contribution in [0.1, 0.15) is 41.7 Å². The number of hydrogen-bond donors (Lipinski definition) is 2. The number of amides is 1. The predicted octanol–water partition coefficient (Wildman–Crippen LogP) is 3.10. The van der Waals surface area contributed by atoms with Crippen molar-refractivity contribution in [2.75, 3.05) is 13.1 Å². The third-order valence-corrected chi connectivity index (χ3v) is 7.53. The Morgan fingerprint density at radius 2 is 1.96 bits per heavy atom. The lowest BCUT2D eigenvalue weighted by Crippen LogP contribution is -2.43. The Balaban J connectivity index is 1.52. The number of rotatable bonds is 8. The first-order valence-corrected chi connectivity index (χ1v) is 11.8. The highest BCUT2D eigenvalue weighted by Crippen LogP contribution is 2.42. The summed E-state index contributed by atoms with van der Waals surface area (Å²) in [4.78, 5) is 13.5. The molecule has 1 heterocycles. The Hall–Kier alpha value is -1.70. The van der Waals surface area contributed by atoms with Gasteiger partial charge in [-0.3, -0.25) is 4.79 Å². The third kappa shape index (κ3) is 5.40. The molecule has 1 saturated carbocycles. The fraction of sp³-hybridized carbons (Fsp3) is 0.450. The van der Waals surface area contributed by atoms with Gasteiger partial charge in [0.1, 0.15) is 0 Å². The largest absolute Gasteiger partial charge is 0.354 e. The van der Waals surface area contributed by atoms with Gasteiger partial charge in [0.05, 0.1) is 12.3 Å². The SMILES string of the molecule is Cc1cccc(CS(=O)(=O)NCC(=O)NCC2(c3cccs3)CCCC2)c1. The molecule has 0 bridgehead atoms. The minimum absolute atomic E-state index is 0.00423. The van der Waals surface area contributed by atoms with Gasteiger partial charge in [0.25, 0.3) is 0 Å². The summed E-state index contributed by atoms with van der Waals surface area (Å²) in [5.74, 6) is -0.410. The molecule has 3 rings (SSSR count). The van der Waals surface area contributed by atoms with Crippen LogP contribution in [-0.2, 0) is 26.0 Å². The van der Waals surface area contributed by atoms with Crippen molar-refractivity contribution >= 4 is 27.3 Å². The quantitative estimate of drug-likeness (QED) is 0.707. The lowest BCUT2D eigenvalue weighted by Gasteiger charge is -2.28. The van der Waals surface area contributed by atoms with Gasteiger partial charge in [-0.1, -0.05) is 48.7 Å². The highest BCUT2D eigenvalue weighted by atomic mass is 32.2. The van der Waals surface area contributed by atoms with E-state index >= 15 is 0 Å². The van der Waals surface area contributed by atoms with Gasteiger partial charge in [-0.05, 0) is 36.8 Å². The molecule has 146 valence electrons. The van der Waals surface area contributed by atoms with Crippen LogP contribution in [-0.4, -0.2) is 27.4 Å². The van der Waals surface area contributed by atoms with Crippen molar-refractivity contribution in [1.29, 1.82) is 0 Å². The fourth-order valence-electron chi connectivity index (χ4n) is 3.72. The maximum absolute atomic E-state index is 12.2. The Labute approximate surface area is 165 Å². The Bertz CT molecular complexity index is 870. The Kier molecular flexibility index (Phi) is 6.34. The zero-order valence-corrected chi connectivity index (χ0v) is 17.2. The fourth-order valence-corrected chi connectivity index (χ4v) is 5.78. The van der Waals surface area contributed by atoms with Crippen LogP contribution in [0.4, 0.5) is 0 Å². The summed E-state index contributed by atoms with van der Waals surface area (Å²) in [5, 5.41) is 5.01. The van der Waals surface area contributed by atoms with Gasteiger partial charge in [-0.2, -0.15) is 0 Å². The number of carbonyl (C=O) groups excluding carboxylic acids is 1. The van der Waals surface area contributed by atoms with Crippen molar-refractivity contribution in [1.82, 2.24) is 10.0 Å². The van der Waals surface area contributed by atoms with Crippen LogP contribution >= 0.6 is 11.3 Å². The van der Waals surface area contributed by atoms with E-state index in [-0.39, 0.29) is 23.6 Å². The summed E-state index contributed by atoms with van der Waals surface area (Å²) >= 11 is 1.73. The van der Waals surface area contributed by atoms with Crippen LogP contribution in [0.25, 0.3) is 0 Å². The van der Waals surface area contributed by atoms with Gasteiger partial charge in [-0.25, -0.2) is 13.1 Å². The molecule has 2 aromatic rings. The minimum atomic E-state index is -3.55.